The van der Waals surface area contributed by atoms with E-state index in [9.17, 15) is 14.4 Å². The molecule has 0 aliphatic heterocycles. The molecule has 168 valence electrons. The molecule has 0 aliphatic carbocycles. The molecular formula is C23H17Cl2N3O5. The van der Waals surface area contributed by atoms with Crippen molar-refractivity contribution >= 4 is 52.9 Å². The summed E-state index contributed by atoms with van der Waals surface area (Å²) in [7, 11) is 1.40. The highest BCUT2D eigenvalue weighted by atomic mass is 35.5. The molecule has 0 fully saturated rings. The molecule has 33 heavy (non-hydrogen) atoms. The maximum Gasteiger partial charge on any atom is 0.345 e. The number of hydrogen-bond acceptors (Lipinski definition) is 6. The zero-order valence-corrected chi connectivity index (χ0v) is 18.7. The molecule has 2 N–H and O–H groups in total. The Hall–Kier alpha value is -3.88. The number of para-hydroxylation sites is 1. The SMILES string of the molecule is COc1cc(/C=N/NC(=O)C(=O)Nc2ccccc2)ccc1OC(=O)c1ccc(Cl)cc1Cl. The molecule has 0 aliphatic rings. The molecule has 3 aromatic carbocycles. The first-order valence-electron chi connectivity index (χ1n) is 9.42. The summed E-state index contributed by atoms with van der Waals surface area (Å²) in [5, 5.41) is 6.75. The summed E-state index contributed by atoms with van der Waals surface area (Å²) in [5.41, 5.74) is 3.27. The molecule has 0 bridgehead atoms. The van der Waals surface area contributed by atoms with Gasteiger partial charge in [0.1, 0.15) is 0 Å². The van der Waals surface area contributed by atoms with Gasteiger partial charge >= 0.3 is 17.8 Å². The highest BCUT2D eigenvalue weighted by molar-refractivity contribution is 6.39. The number of nitrogens with one attached hydrogen (secondary N) is 2. The average Bonchev–Trinajstić information content (AvgIpc) is 2.80. The van der Waals surface area contributed by atoms with Gasteiger partial charge in [0.15, 0.2) is 11.5 Å². The van der Waals surface area contributed by atoms with Crippen LogP contribution < -0.4 is 20.2 Å². The van der Waals surface area contributed by atoms with Gasteiger partial charge in [-0.05, 0) is 54.1 Å². The number of hydrazone groups is 1. The van der Waals surface area contributed by atoms with Gasteiger partial charge in [0.2, 0.25) is 0 Å². The van der Waals surface area contributed by atoms with Crippen molar-refractivity contribution in [3.8, 4) is 11.5 Å². The van der Waals surface area contributed by atoms with Crippen LogP contribution in [0.25, 0.3) is 0 Å². The largest absolute Gasteiger partial charge is 0.493 e. The van der Waals surface area contributed by atoms with Crippen molar-refractivity contribution in [2.75, 3.05) is 12.4 Å². The summed E-state index contributed by atoms with van der Waals surface area (Å²) in [5.74, 6) is -2.10. The average molecular weight is 486 g/mol. The van der Waals surface area contributed by atoms with Gasteiger partial charge in [-0.25, -0.2) is 10.2 Å². The Morgan fingerprint density at radius 2 is 1.67 bits per heavy atom. The van der Waals surface area contributed by atoms with Crippen molar-refractivity contribution < 1.29 is 23.9 Å². The fraction of sp³-hybridized carbons (Fsp3) is 0.0435. The zero-order chi connectivity index (χ0) is 23.8. The third-order valence-corrected chi connectivity index (χ3v) is 4.71. The number of esters is 1. The van der Waals surface area contributed by atoms with E-state index in [2.05, 4.69) is 15.8 Å². The minimum absolute atomic E-state index is 0.144. The number of carbonyl (C=O) groups excluding carboxylic acids is 3. The fourth-order valence-electron chi connectivity index (χ4n) is 2.58. The Morgan fingerprint density at radius 1 is 0.909 bits per heavy atom. The predicted octanol–water partition coefficient (Wildman–Crippen LogP) is 4.31. The van der Waals surface area contributed by atoms with Crippen molar-refractivity contribution in [2.24, 2.45) is 5.10 Å². The zero-order valence-electron chi connectivity index (χ0n) is 17.2. The molecule has 0 saturated carbocycles. The van der Waals surface area contributed by atoms with Crippen molar-refractivity contribution in [3.05, 3.63) is 87.9 Å². The first-order chi connectivity index (χ1) is 15.9. The lowest BCUT2D eigenvalue weighted by Crippen LogP contribution is -2.32. The van der Waals surface area contributed by atoms with Crippen LogP contribution in [0.3, 0.4) is 0 Å². The number of carbonyl (C=O) groups is 3. The minimum Gasteiger partial charge on any atom is -0.493 e. The Bertz CT molecular complexity index is 1220. The van der Waals surface area contributed by atoms with Crippen LogP contribution >= 0.6 is 23.2 Å². The first kappa shape index (κ1) is 23.8. The Balaban J connectivity index is 1.63. The third kappa shape index (κ3) is 6.55. The van der Waals surface area contributed by atoms with E-state index in [1.54, 1.807) is 36.4 Å². The molecule has 2 amide bonds. The molecule has 0 radical (unpaired) electrons. The summed E-state index contributed by atoms with van der Waals surface area (Å²) in [4.78, 5) is 36.2. The van der Waals surface area contributed by atoms with Gasteiger partial charge in [0.25, 0.3) is 0 Å². The normalized spacial score (nSPS) is 10.5. The predicted molar refractivity (Wildman–Crippen MR) is 125 cm³/mol. The van der Waals surface area contributed by atoms with Crippen molar-refractivity contribution in [1.29, 1.82) is 0 Å². The number of nitrogens with zero attached hydrogens (tertiary/aromatic N) is 1. The Kier molecular flexibility index (Phi) is 8.01. The summed E-state index contributed by atoms with van der Waals surface area (Å²) in [6.07, 6.45) is 1.30. The Morgan fingerprint density at radius 3 is 2.36 bits per heavy atom. The smallest absolute Gasteiger partial charge is 0.345 e. The van der Waals surface area contributed by atoms with Crippen LogP contribution in [-0.4, -0.2) is 31.1 Å². The van der Waals surface area contributed by atoms with Crippen LogP contribution in [-0.2, 0) is 9.59 Å². The second-order valence-corrected chi connectivity index (χ2v) is 7.29. The van der Waals surface area contributed by atoms with Crippen molar-refractivity contribution in [1.82, 2.24) is 5.43 Å². The molecule has 8 nitrogen and oxygen atoms in total. The summed E-state index contributed by atoms with van der Waals surface area (Å²) < 4.78 is 10.6. The molecule has 0 atom stereocenters. The lowest BCUT2D eigenvalue weighted by Gasteiger charge is -2.10. The molecule has 3 aromatic rings. The van der Waals surface area contributed by atoms with Gasteiger partial charge in [-0.3, -0.25) is 9.59 Å². The number of halogens is 2. The van der Waals surface area contributed by atoms with E-state index in [-0.39, 0.29) is 22.1 Å². The molecule has 3 rings (SSSR count). The number of hydrogen-bond donors (Lipinski definition) is 2. The van der Waals surface area contributed by atoms with Crippen LogP contribution in [0.15, 0.2) is 71.8 Å². The van der Waals surface area contributed by atoms with Gasteiger partial charge in [-0.1, -0.05) is 41.4 Å². The number of methoxy groups -OCH3 is 1. The lowest BCUT2D eigenvalue weighted by atomic mass is 10.2. The van der Waals surface area contributed by atoms with Gasteiger partial charge in [0, 0.05) is 10.7 Å². The fourth-order valence-corrected chi connectivity index (χ4v) is 3.07. The molecular weight excluding hydrogens is 469 g/mol. The standard InChI is InChI=1S/C23H17Cl2N3O5/c1-32-20-11-14(13-26-28-22(30)21(29)27-16-5-3-2-4-6-16)7-10-19(20)33-23(31)17-9-8-15(24)12-18(17)25/h2-13H,1H3,(H,27,29)(H,28,30)/b26-13+. The van der Waals surface area contributed by atoms with Crippen LogP contribution in [0.4, 0.5) is 5.69 Å². The molecule has 0 unspecified atom stereocenters. The van der Waals surface area contributed by atoms with E-state index in [0.717, 1.165) is 0 Å². The topological polar surface area (TPSA) is 106 Å². The summed E-state index contributed by atoms with van der Waals surface area (Å²) >= 11 is 11.9. The first-order valence-corrected chi connectivity index (χ1v) is 10.2. The van der Waals surface area contributed by atoms with Crippen molar-refractivity contribution in [3.63, 3.8) is 0 Å². The number of ether oxygens (including phenoxy) is 2. The van der Waals surface area contributed by atoms with Crippen LogP contribution in [0.1, 0.15) is 15.9 Å². The van der Waals surface area contributed by atoms with Gasteiger partial charge in [-0.15, -0.1) is 0 Å². The van der Waals surface area contributed by atoms with Crippen LogP contribution in [0.5, 0.6) is 11.5 Å². The highest BCUT2D eigenvalue weighted by Gasteiger charge is 2.16. The third-order valence-electron chi connectivity index (χ3n) is 4.16. The molecule has 0 heterocycles. The maximum absolute atomic E-state index is 12.4. The summed E-state index contributed by atoms with van der Waals surface area (Å²) in [6, 6.07) is 17.6. The van der Waals surface area contributed by atoms with Gasteiger partial charge in [-0.2, -0.15) is 5.10 Å². The van der Waals surface area contributed by atoms with Crippen molar-refractivity contribution in [2.45, 2.75) is 0 Å². The summed E-state index contributed by atoms with van der Waals surface area (Å²) in [6.45, 7) is 0. The van der Waals surface area contributed by atoms with E-state index < -0.39 is 17.8 Å². The van der Waals surface area contributed by atoms with E-state index >= 15 is 0 Å². The number of amides is 2. The van der Waals surface area contributed by atoms with E-state index in [4.69, 9.17) is 32.7 Å². The van der Waals surface area contributed by atoms with Gasteiger partial charge < -0.3 is 14.8 Å². The second kappa shape index (κ2) is 11.1. The molecule has 10 heteroatoms. The van der Waals surface area contributed by atoms with E-state index in [1.165, 1.54) is 43.7 Å². The molecule has 0 saturated heterocycles. The maximum atomic E-state index is 12.4. The van der Waals surface area contributed by atoms with E-state index in [1.807, 2.05) is 0 Å². The molecule has 0 spiro atoms. The number of rotatable bonds is 6. The second-order valence-electron chi connectivity index (χ2n) is 6.44. The Labute approximate surface area is 199 Å². The number of benzene rings is 3. The van der Waals surface area contributed by atoms with Crippen LogP contribution in [0, 0.1) is 0 Å². The molecule has 0 aromatic heterocycles. The highest BCUT2D eigenvalue weighted by Crippen LogP contribution is 2.29. The number of anilines is 1. The van der Waals surface area contributed by atoms with Crippen LogP contribution in [0.2, 0.25) is 10.0 Å². The lowest BCUT2D eigenvalue weighted by molar-refractivity contribution is -0.136. The van der Waals surface area contributed by atoms with E-state index in [0.29, 0.717) is 16.3 Å². The van der Waals surface area contributed by atoms with Gasteiger partial charge in [0.05, 0.1) is 23.9 Å². The minimum atomic E-state index is -0.938. The monoisotopic (exact) mass is 485 g/mol. The quantitative estimate of drug-likeness (QED) is 0.178.